The average Bonchev–Trinajstić information content (AvgIpc) is 2.54. The Morgan fingerprint density at radius 2 is 1.86 bits per heavy atom. The van der Waals surface area contributed by atoms with Gasteiger partial charge in [-0.2, -0.15) is 0 Å². The van der Waals surface area contributed by atoms with Gasteiger partial charge in [0.2, 0.25) is 16.9 Å². The van der Waals surface area contributed by atoms with E-state index >= 15 is 0 Å². The minimum absolute atomic E-state index is 0.0590. The van der Waals surface area contributed by atoms with Gasteiger partial charge in [0.15, 0.2) is 0 Å². The summed E-state index contributed by atoms with van der Waals surface area (Å²) in [5.41, 5.74) is 0. The van der Waals surface area contributed by atoms with Crippen LogP contribution >= 0.6 is 11.8 Å². The van der Waals surface area contributed by atoms with Crippen LogP contribution in [0.2, 0.25) is 0 Å². The van der Waals surface area contributed by atoms with E-state index in [2.05, 4.69) is 13.8 Å². The summed E-state index contributed by atoms with van der Waals surface area (Å²) < 4.78 is -0.309. The zero-order valence-corrected chi connectivity index (χ0v) is 15.0. The van der Waals surface area contributed by atoms with Gasteiger partial charge < -0.3 is 0 Å². The Hall–Kier alpha value is -1.17. The minimum Gasteiger partial charge on any atom is -0.299 e. The van der Waals surface area contributed by atoms with Crippen LogP contribution in [0, 0.1) is 17.8 Å². The number of nitrogens with zero attached hydrogens (tertiary/aromatic N) is 1. The molecule has 1 fully saturated rings. The third-order valence-corrected chi connectivity index (χ3v) is 4.96. The number of thioether (sulfide) groups is 1. The number of carbonyl (C=O) groups is 4. The van der Waals surface area contributed by atoms with Gasteiger partial charge in [-0.25, -0.2) is 0 Å². The summed E-state index contributed by atoms with van der Waals surface area (Å²) in [5, 5.41) is -0.306. The van der Waals surface area contributed by atoms with Crippen molar-refractivity contribution in [3.8, 4) is 0 Å². The highest BCUT2D eigenvalue weighted by Crippen LogP contribution is 2.37. The van der Waals surface area contributed by atoms with E-state index < -0.39 is 17.7 Å². The van der Waals surface area contributed by atoms with Gasteiger partial charge in [0.1, 0.15) is 5.78 Å². The molecular weight excluding hydrogens is 302 g/mol. The minimum atomic E-state index is -1.03. The number of hydrogen-bond donors (Lipinski definition) is 0. The Bertz CT molecular complexity index is 498. The van der Waals surface area contributed by atoms with Crippen molar-refractivity contribution >= 4 is 34.5 Å². The summed E-state index contributed by atoms with van der Waals surface area (Å²) in [6, 6.07) is 0. The lowest BCUT2D eigenvalue weighted by Crippen LogP contribution is -2.36. The topological polar surface area (TPSA) is 71.5 Å². The summed E-state index contributed by atoms with van der Waals surface area (Å²) >= 11 is 1.12. The molecule has 2 amide bonds. The summed E-state index contributed by atoms with van der Waals surface area (Å²) in [6.07, 6.45) is 0.766. The van der Waals surface area contributed by atoms with Crippen molar-refractivity contribution < 1.29 is 19.2 Å². The van der Waals surface area contributed by atoms with Gasteiger partial charge >= 0.3 is 0 Å². The lowest BCUT2D eigenvalue weighted by molar-refractivity contribution is -0.141. The van der Waals surface area contributed by atoms with E-state index in [0.717, 1.165) is 23.1 Å². The second kappa shape index (κ2) is 6.94. The Morgan fingerprint density at radius 3 is 2.23 bits per heavy atom. The highest BCUT2D eigenvalue weighted by Gasteiger charge is 2.46. The number of hydrogen-bond acceptors (Lipinski definition) is 5. The third-order valence-electron chi connectivity index (χ3n) is 3.79. The van der Waals surface area contributed by atoms with E-state index in [4.69, 9.17) is 0 Å². The van der Waals surface area contributed by atoms with Gasteiger partial charge in [-0.15, -0.1) is 0 Å². The Balaban J connectivity index is 2.93. The molecule has 0 radical (unpaired) electrons. The van der Waals surface area contributed by atoms with Crippen LogP contribution in [-0.4, -0.2) is 39.4 Å². The van der Waals surface area contributed by atoms with Crippen LogP contribution in [0.15, 0.2) is 0 Å². The first-order valence-corrected chi connectivity index (χ1v) is 8.31. The van der Waals surface area contributed by atoms with E-state index in [1.165, 1.54) is 14.0 Å². The molecule has 0 N–H and O–H groups in total. The van der Waals surface area contributed by atoms with Crippen LogP contribution in [0.25, 0.3) is 0 Å². The van der Waals surface area contributed by atoms with Crippen LogP contribution in [0.4, 0.5) is 0 Å². The molecule has 1 rings (SSSR count). The molecule has 124 valence electrons. The van der Waals surface area contributed by atoms with Crippen LogP contribution in [0.5, 0.6) is 0 Å². The van der Waals surface area contributed by atoms with Gasteiger partial charge in [0, 0.05) is 18.2 Å². The first kappa shape index (κ1) is 18.9. The smallest absolute Gasteiger partial charge is 0.233 e. The van der Waals surface area contributed by atoms with Crippen molar-refractivity contribution in [2.75, 3.05) is 7.05 Å². The molecule has 0 aromatic heterocycles. The first-order valence-electron chi connectivity index (χ1n) is 7.50. The van der Waals surface area contributed by atoms with E-state index in [-0.39, 0.29) is 28.0 Å². The van der Waals surface area contributed by atoms with Gasteiger partial charge in [-0.1, -0.05) is 39.5 Å². The van der Waals surface area contributed by atoms with Gasteiger partial charge in [0.25, 0.3) is 0 Å². The fourth-order valence-corrected chi connectivity index (χ4v) is 4.44. The number of ketones is 1. The highest BCUT2D eigenvalue weighted by atomic mass is 32.2. The summed E-state index contributed by atoms with van der Waals surface area (Å²) in [4.78, 5) is 49.3. The molecule has 1 unspecified atom stereocenters. The summed E-state index contributed by atoms with van der Waals surface area (Å²) in [7, 11) is 1.39. The number of carbonyl (C=O) groups excluding carboxylic acids is 4. The fraction of sp³-hybridized carbons (Fsp3) is 0.750. The molecule has 0 aromatic carbocycles. The van der Waals surface area contributed by atoms with Crippen LogP contribution in [0.1, 0.15) is 47.5 Å². The zero-order chi connectivity index (χ0) is 17.2. The molecule has 5 nitrogen and oxygen atoms in total. The highest BCUT2D eigenvalue weighted by molar-refractivity contribution is 8.14. The molecule has 0 saturated carbocycles. The number of amides is 2. The molecule has 6 heteroatoms. The second-order valence-corrected chi connectivity index (χ2v) is 8.68. The molecule has 1 aliphatic heterocycles. The van der Waals surface area contributed by atoms with Gasteiger partial charge in [-0.05, 0) is 19.3 Å². The number of imide groups is 1. The summed E-state index contributed by atoms with van der Waals surface area (Å²) in [5.74, 6) is -2.56. The van der Waals surface area contributed by atoms with E-state index in [1.807, 2.05) is 13.8 Å². The number of likely N-dealkylation sites (tertiary alicyclic amines) is 1. The molecule has 22 heavy (non-hydrogen) atoms. The lowest BCUT2D eigenvalue weighted by atomic mass is 9.89. The van der Waals surface area contributed by atoms with Gasteiger partial charge in [-0.3, -0.25) is 24.1 Å². The molecular formula is C16H25NO4S. The van der Waals surface area contributed by atoms with Crippen molar-refractivity contribution in [1.82, 2.24) is 4.90 Å². The third kappa shape index (κ3) is 4.41. The standard InChI is InChI=1S/C16H25NO4S/c1-9(2)8-16(4,5)22-15(21)13(10(3)18)11-7-12(19)17(6)14(11)20/h9,11,13H,7-8H2,1-6H3/t11-,13?/m1/s1. The molecule has 1 aliphatic rings. The second-order valence-electron chi connectivity index (χ2n) is 6.97. The van der Waals surface area contributed by atoms with Crippen molar-refractivity contribution in [2.24, 2.45) is 17.8 Å². The summed E-state index contributed by atoms with van der Waals surface area (Å²) in [6.45, 7) is 9.38. The molecule has 1 heterocycles. The maximum Gasteiger partial charge on any atom is 0.233 e. The predicted octanol–water partition coefficient (Wildman–Crippen LogP) is 2.28. The van der Waals surface area contributed by atoms with E-state index in [0.29, 0.717) is 5.92 Å². The van der Waals surface area contributed by atoms with Crippen molar-refractivity contribution in [1.29, 1.82) is 0 Å². The van der Waals surface area contributed by atoms with Crippen molar-refractivity contribution in [2.45, 2.75) is 52.2 Å². The number of rotatable bonds is 6. The van der Waals surface area contributed by atoms with Crippen molar-refractivity contribution in [3.63, 3.8) is 0 Å². The Labute approximate surface area is 136 Å². The molecule has 0 spiro atoms. The largest absolute Gasteiger partial charge is 0.299 e. The zero-order valence-electron chi connectivity index (χ0n) is 14.1. The van der Waals surface area contributed by atoms with Crippen LogP contribution in [0.3, 0.4) is 0 Å². The maximum absolute atomic E-state index is 12.6. The van der Waals surface area contributed by atoms with E-state index in [9.17, 15) is 19.2 Å². The van der Waals surface area contributed by atoms with Crippen molar-refractivity contribution in [3.05, 3.63) is 0 Å². The Kier molecular flexibility index (Phi) is 5.96. The molecule has 0 aliphatic carbocycles. The van der Waals surface area contributed by atoms with Gasteiger partial charge in [0.05, 0.1) is 11.8 Å². The first-order chi connectivity index (χ1) is 9.96. The SMILES string of the molecule is CC(=O)C(C(=O)SC(C)(C)CC(C)C)[C@H]1CC(=O)N(C)C1=O. The monoisotopic (exact) mass is 327 g/mol. The quantitative estimate of drug-likeness (QED) is 0.553. The lowest BCUT2D eigenvalue weighted by Gasteiger charge is -2.27. The fourth-order valence-electron chi connectivity index (χ4n) is 3.02. The predicted molar refractivity (Wildman–Crippen MR) is 86.2 cm³/mol. The van der Waals surface area contributed by atoms with Crippen LogP contribution in [-0.2, 0) is 19.2 Å². The molecule has 1 saturated heterocycles. The maximum atomic E-state index is 12.6. The molecule has 2 atom stereocenters. The van der Waals surface area contributed by atoms with E-state index in [1.54, 1.807) is 0 Å². The molecule has 0 bridgehead atoms. The number of Topliss-reactive ketones (excluding diaryl/α,β-unsaturated/α-hetero) is 1. The Morgan fingerprint density at radius 1 is 1.32 bits per heavy atom. The normalized spacial score (nSPS) is 20.7. The molecule has 0 aromatic rings. The van der Waals surface area contributed by atoms with Crippen LogP contribution < -0.4 is 0 Å². The average molecular weight is 327 g/mol.